The van der Waals surface area contributed by atoms with E-state index in [9.17, 15) is 4.79 Å². The van der Waals surface area contributed by atoms with Gasteiger partial charge in [0.2, 0.25) is 22.8 Å². The Morgan fingerprint density at radius 3 is 3.15 bits per heavy atom. The molecule has 0 spiro atoms. The molecule has 4 heterocycles. The van der Waals surface area contributed by atoms with Crippen molar-refractivity contribution in [1.82, 2.24) is 25.2 Å². The molecule has 1 aliphatic rings. The second-order valence-electron chi connectivity index (χ2n) is 6.18. The first kappa shape index (κ1) is 17.3. The largest absolute Gasteiger partial charge is 0.338 e. The second kappa shape index (κ2) is 7.60. The lowest BCUT2D eigenvalue weighted by atomic mass is 9.97. The summed E-state index contributed by atoms with van der Waals surface area (Å²) in [6, 6.07) is 3.93. The van der Waals surface area contributed by atoms with Gasteiger partial charge in [0.15, 0.2) is 0 Å². The zero-order valence-corrected chi connectivity index (χ0v) is 15.8. The molecule has 8 nitrogen and oxygen atoms in total. The summed E-state index contributed by atoms with van der Waals surface area (Å²) in [5.41, 5.74) is 0. The Labute approximate surface area is 158 Å². The number of hydrogen-bond acceptors (Lipinski definition) is 9. The van der Waals surface area contributed by atoms with Crippen molar-refractivity contribution in [3.05, 3.63) is 28.4 Å². The monoisotopic (exact) mass is 390 g/mol. The molecular formula is C16H18N6O2S2. The Balaban J connectivity index is 1.35. The Hall–Kier alpha value is -2.17. The maximum atomic E-state index is 12.5. The molecule has 0 radical (unpaired) electrons. The number of carbonyl (C=O) groups excluding carboxylic acids is 1. The van der Waals surface area contributed by atoms with Gasteiger partial charge < -0.3 is 9.84 Å². The highest BCUT2D eigenvalue weighted by atomic mass is 32.1. The summed E-state index contributed by atoms with van der Waals surface area (Å²) >= 11 is 2.97. The molecule has 0 unspecified atom stereocenters. The van der Waals surface area contributed by atoms with Gasteiger partial charge in [0, 0.05) is 6.54 Å². The van der Waals surface area contributed by atoms with E-state index in [4.69, 9.17) is 4.52 Å². The van der Waals surface area contributed by atoms with Gasteiger partial charge in [-0.25, -0.2) is 0 Å². The molecule has 0 aromatic carbocycles. The maximum absolute atomic E-state index is 12.5. The summed E-state index contributed by atoms with van der Waals surface area (Å²) in [5.74, 6) is 1.12. The van der Waals surface area contributed by atoms with Crippen molar-refractivity contribution < 1.29 is 9.32 Å². The molecular weight excluding hydrogens is 372 g/mol. The Kier molecular flexibility index (Phi) is 5.05. The molecule has 3 aromatic rings. The summed E-state index contributed by atoms with van der Waals surface area (Å²) in [6.07, 6.45) is 1.82. The molecule has 1 aliphatic heterocycles. The fourth-order valence-electron chi connectivity index (χ4n) is 2.98. The van der Waals surface area contributed by atoms with Crippen LogP contribution in [-0.4, -0.2) is 44.2 Å². The van der Waals surface area contributed by atoms with Crippen LogP contribution in [0.4, 0.5) is 5.13 Å². The van der Waals surface area contributed by atoms with Crippen LogP contribution in [-0.2, 0) is 11.3 Å². The molecule has 3 aromatic heterocycles. The average Bonchev–Trinajstić information content (AvgIpc) is 3.37. The number of nitrogens with one attached hydrogen (secondary N) is 1. The third kappa shape index (κ3) is 3.97. The number of likely N-dealkylation sites (tertiary alicyclic amines) is 1. The van der Waals surface area contributed by atoms with Gasteiger partial charge >= 0.3 is 0 Å². The maximum Gasteiger partial charge on any atom is 0.241 e. The number of nitrogens with zero attached hydrogens (tertiary/aromatic N) is 5. The van der Waals surface area contributed by atoms with Crippen LogP contribution in [0.1, 0.15) is 23.7 Å². The number of thiophene rings is 1. The first-order chi connectivity index (χ1) is 12.7. The molecule has 0 bridgehead atoms. The molecule has 1 saturated heterocycles. The predicted molar refractivity (Wildman–Crippen MR) is 98.9 cm³/mol. The number of aryl methyl sites for hydroxylation is 1. The minimum atomic E-state index is -0.0763. The van der Waals surface area contributed by atoms with E-state index in [0.29, 0.717) is 29.9 Å². The van der Waals surface area contributed by atoms with Gasteiger partial charge in [0.1, 0.15) is 5.01 Å². The molecule has 10 heteroatoms. The van der Waals surface area contributed by atoms with Crippen molar-refractivity contribution in [2.75, 3.05) is 18.4 Å². The van der Waals surface area contributed by atoms with E-state index in [-0.39, 0.29) is 11.8 Å². The van der Waals surface area contributed by atoms with Gasteiger partial charge in [0.05, 0.1) is 17.3 Å². The van der Waals surface area contributed by atoms with Crippen molar-refractivity contribution in [3.63, 3.8) is 0 Å². The standard InChI is InChI=1S/C16H18N6O2S2/c1-10-19-20-16(26-10)18-15(23)11-4-2-6-22(8-11)9-13-17-14(21-24-13)12-5-3-7-25-12/h3,5,7,11H,2,4,6,8-9H2,1H3,(H,18,20,23)/t11-/m0/s1. The molecule has 1 N–H and O–H groups in total. The van der Waals surface area contributed by atoms with Crippen LogP contribution in [0.15, 0.2) is 22.0 Å². The zero-order chi connectivity index (χ0) is 17.9. The SMILES string of the molecule is Cc1nnc(NC(=O)[C@H]2CCCN(Cc3nc(-c4cccs4)no3)C2)s1. The smallest absolute Gasteiger partial charge is 0.241 e. The highest BCUT2D eigenvalue weighted by Gasteiger charge is 2.27. The lowest BCUT2D eigenvalue weighted by molar-refractivity contribution is -0.121. The van der Waals surface area contributed by atoms with Crippen LogP contribution >= 0.6 is 22.7 Å². The molecule has 1 atom stereocenters. The molecule has 136 valence electrons. The van der Waals surface area contributed by atoms with Crippen LogP contribution < -0.4 is 5.32 Å². The number of rotatable bonds is 5. The van der Waals surface area contributed by atoms with Gasteiger partial charge in [-0.15, -0.1) is 21.5 Å². The number of anilines is 1. The van der Waals surface area contributed by atoms with E-state index in [1.807, 2.05) is 24.4 Å². The average molecular weight is 390 g/mol. The summed E-state index contributed by atoms with van der Waals surface area (Å²) in [5, 5.41) is 18.2. The van der Waals surface area contributed by atoms with Gasteiger partial charge in [-0.05, 0) is 37.8 Å². The fraction of sp³-hybridized carbons (Fsp3) is 0.438. The van der Waals surface area contributed by atoms with Gasteiger partial charge in [-0.3, -0.25) is 9.69 Å². The summed E-state index contributed by atoms with van der Waals surface area (Å²) in [7, 11) is 0. The number of hydrogen-bond donors (Lipinski definition) is 1. The lowest BCUT2D eigenvalue weighted by Gasteiger charge is -2.30. The minimum absolute atomic E-state index is 0.00402. The number of piperidine rings is 1. The van der Waals surface area contributed by atoms with Gasteiger partial charge in [-0.1, -0.05) is 22.6 Å². The van der Waals surface area contributed by atoms with Gasteiger partial charge in [-0.2, -0.15) is 4.98 Å². The Morgan fingerprint density at radius 1 is 1.46 bits per heavy atom. The first-order valence-electron chi connectivity index (χ1n) is 8.37. The third-order valence-corrected chi connectivity index (χ3v) is 5.82. The summed E-state index contributed by atoms with van der Waals surface area (Å²) in [6.45, 7) is 4.00. The second-order valence-corrected chi connectivity index (χ2v) is 8.31. The van der Waals surface area contributed by atoms with E-state index in [1.165, 1.54) is 11.3 Å². The van der Waals surface area contributed by atoms with Crippen molar-refractivity contribution in [2.45, 2.75) is 26.3 Å². The quantitative estimate of drug-likeness (QED) is 0.715. The van der Waals surface area contributed by atoms with E-state index >= 15 is 0 Å². The minimum Gasteiger partial charge on any atom is -0.338 e. The van der Waals surface area contributed by atoms with E-state index in [0.717, 1.165) is 29.3 Å². The van der Waals surface area contributed by atoms with Crippen LogP contribution in [0.3, 0.4) is 0 Å². The fourth-order valence-corrected chi connectivity index (χ4v) is 4.23. The van der Waals surface area contributed by atoms with Crippen LogP contribution in [0, 0.1) is 12.8 Å². The van der Waals surface area contributed by atoms with Crippen molar-refractivity contribution in [1.29, 1.82) is 0 Å². The van der Waals surface area contributed by atoms with E-state index < -0.39 is 0 Å². The topological polar surface area (TPSA) is 97.0 Å². The third-order valence-electron chi connectivity index (χ3n) is 4.20. The number of carbonyl (C=O) groups is 1. The highest BCUT2D eigenvalue weighted by molar-refractivity contribution is 7.15. The van der Waals surface area contributed by atoms with Crippen LogP contribution in [0.2, 0.25) is 0 Å². The molecule has 4 rings (SSSR count). The van der Waals surface area contributed by atoms with Crippen molar-refractivity contribution >= 4 is 33.7 Å². The van der Waals surface area contributed by atoms with E-state index in [2.05, 4.69) is 30.6 Å². The molecule has 0 saturated carbocycles. The van der Waals surface area contributed by atoms with Gasteiger partial charge in [0.25, 0.3) is 0 Å². The van der Waals surface area contributed by atoms with Crippen LogP contribution in [0.5, 0.6) is 0 Å². The Bertz CT molecular complexity index is 875. The Morgan fingerprint density at radius 2 is 2.38 bits per heavy atom. The summed E-state index contributed by atoms with van der Waals surface area (Å²) < 4.78 is 5.37. The van der Waals surface area contributed by atoms with Crippen molar-refractivity contribution in [2.24, 2.45) is 5.92 Å². The predicted octanol–water partition coefficient (Wildman–Crippen LogP) is 2.81. The van der Waals surface area contributed by atoms with E-state index in [1.54, 1.807) is 11.3 Å². The molecule has 26 heavy (non-hydrogen) atoms. The number of amides is 1. The van der Waals surface area contributed by atoms with Crippen molar-refractivity contribution in [3.8, 4) is 10.7 Å². The summed E-state index contributed by atoms with van der Waals surface area (Å²) in [4.78, 5) is 20.1. The zero-order valence-electron chi connectivity index (χ0n) is 14.2. The highest BCUT2D eigenvalue weighted by Crippen LogP contribution is 2.24. The lowest BCUT2D eigenvalue weighted by Crippen LogP contribution is -2.40. The molecule has 1 amide bonds. The normalized spacial score (nSPS) is 18.1. The van der Waals surface area contributed by atoms with Crippen LogP contribution in [0.25, 0.3) is 10.7 Å². The molecule has 0 aliphatic carbocycles. The number of aromatic nitrogens is 4. The molecule has 1 fully saturated rings. The first-order valence-corrected chi connectivity index (χ1v) is 10.1.